The normalized spacial score (nSPS) is 25.4. The molecule has 1 aromatic carbocycles. The summed E-state index contributed by atoms with van der Waals surface area (Å²) in [4.78, 5) is 4.15. The second-order valence-electron chi connectivity index (χ2n) is 5.62. The average molecular weight is 279 g/mol. The molecule has 2 atom stereocenters. The molecule has 20 heavy (non-hydrogen) atoms. The molecule has 2 aliphatic rings. The lowest BCUT2D eigenvalue weighted by Gasteiger charge is -2.11. The van der Waals surface area contributed by atoms with E-state index >= 15 is 0 Å². The molecule has 0 aliphatic heterocycles. The summed E-state index contributed by atoms with van der Waals surface area (Å²) < 4.78 is 27.4. The van der Waals surface area contributed by atoms with Crippen LogP contribution in [0.15, 0.2) is 23.2 Å². The second kappa shape index (κ2) is 5.38. The van der Waals surface area contributed by atoms with E-state index in [4.69, 9.17) is 0 Å². The van der Waals surface area contributed by atoms with Gasteiger partial charge < -0.3 is 10.6 Å². The Hall–Kier alpha value is -1.65. The molecule has 0 bridgehead atoms. The van der Waals surface area contributed by atoms with Gasteiger partial charge in [0.1, 0.15) is 11.6 Å². The van der Waals surface area contributed by atoms with Gasteiger partial charge in [-0.05, 0) is 37.3 Å². The highest BCUT2D eigenvalue weighted by molar-refractivity contribution is 5.80. The van der Waals surface area contributed by atoms with E-state index in [1.165, 1.54) is 31.0 Å². The van der Waals surface area contributed by atoms with Crippen molar-refractivity contribution in [1.29, 1.82) is 0 Å². The molecule has 0 spiro atoms. The van der Waals surface area contributed by atoms with E-state index in [1.807, 2.05) is 0 Å². The lowest BCUT2D eigenvalue weighted by Crippen LogP contribution is -2.40. The van der Waals surface area contributed by atoms with Crippen LogP contribution in [0, 0.1) is 17.6 Å². The zero-order valence-electron chi connectivity index (χ0n) is 11.5. The van der Waals surface area contributed by atoms with E-state index < -0.39 is 11.6 Å². The number of nitrogens with zero attached hydrogens (tertiary/aromatic N) is 1. The van der Waals surface area contributed by atoms with Gasteiger partial charge in [-0.3, -0.25) is 4.99 Å². The van der Waals surface area contributed by atoms with Crippen molar-refractivity contribution in [3.05, 3.63) is 35.4 Å². The topological polar surface area (TPSA) is 36.4 Å². The van der Waals surface area contributed by atoms with Crippen molar-refractivity contribution >= 4 is 5.96 Å². The summed E-state index contributed by atoms with van der Waals surface area (Å²) in [6.45, 7) is 0.922. The summed E-state index contributed by atoms with van der Waals surface area (Å²) in [6, 6.07) is 4.09. The highest BCUT2D eigenvalue weighted by atomic mass is 19.1. The Morgan fingerprint density at radius 2 is 2.00 bits per heavy atom. The van der Waals surface area contributed by atoms with Gasteiger partial charge in [0, 0.05) is 31.1 Å². The molecule has 2 unspecified atom stereocenters. The van der Waals surface area contributed by atoms with Gasteiger partial charge in [-0.1, -0.05) is 6.07 Å². The number of hydrogen-bond donors (Lipinski definition) is 2. The van der Waals surface area contributed by atoms with Crippen molar-refractivity contribution in [3.8, 4) is 0 Å². The Balaban J connectivity index is 1.58. The Morgan fingerprint density at radius 1 is 1.30 bits per heavy atom. The summed E-state index contributed by atoms with van der Waals surface area (Å²) in [5.74, 6) is 0.463. The summed E-state index contributed by atoms with van der Waals surface area (Å²) in [6.07, 6.45) is 3.29. The molecule has 5 heteroatoms. The van der Waals surface area contributed by atoms with Gasteiger partial charge in [0.2, 0.25) is 0 Å². The number of rotatable bonds is 4. The monoisotopic (exact) mass is 279 g/mol. The van der Waals surface area contributed by atoms with Crippen LogP contribution in [0.5, 0.6) is 0 Å². The van der Waals surface area contributed by atoms with Crippen molar-refractivity contribution < 1.29 is 8.78 Å². The maximum absolute atomic E-state index is 13.7. The van der Waals surface area contributed by atoms with Gasteiger partial charge in [-0.2, -0.15) is 0 Å². The fourth-order valence-electron chi connectivity index (χ4n) is 2.47. The summed E-state index contributed by atoms with van der Waals surface area (Å²) >= 11 is 0. The van der Waals surface area contributed by atoms with Crippen LogP contribution >= 0.6 is 0 Å². The lowest BCUT2D eigenvalue weighted by atomic mass is 10.1. The van der Waals surface area contributed by atoms with E-state index in [0.717, 1.165) is 24.8 Å². The standard InChI is InChI=1S/C15H19F2N3/c1-18-15(19-8-9-5-6-9)20-13-7-10(13)14-11(16)3-2-4-12(14)17/h2-4,9-10,13H,5-8H2,1H3,(H2,18,19,20). The van der Waals surface area contributed by atoms with E-state index in [0.29, 0.717) is 0 Å². The van der Waals surface area contributed by atoms with Crippen LogP contribution in [0.4, 0.5) is 8.78 Å². The summed E-state index contributed by atoms with van der Waals surface area (Å²) in [5.41, 5.74) is 0.197. The predicted octanol–water partition coefficient (Wildman–Crippen LogP) is 2.40. The van der Waals surface area contributed by atoms with Crippen LogP contribution in [0.25, 0.3) is 0 Å². The number of guanidine groups is 1. The number of halogens is 2. The van der Waals surface area contributed by atoms with Crippen molar-refractivity contribution in [2.24, 2.45) is 10.9 Å². The summed E-state index contributed by atoms with van der Waals surface area (Å²) in [5, 5.41) is 6.49. The minimum absolute atomic E-state index is 0.0619. The Bertz CT molecular complexity index is 506. The number of aliphatic imine (C=N–C) groups is 1. The van der Waals surface area contributed by atoms with Crippen LogP contribution in [0.1, 0.15) is 30.7 Å². The van der Waals surface area contributed by atoms with Crippen LogP contribution in [-0.2, 0) is 0 Å². The highest BCUT2D eigenvalue weighted by Crippen LogP contribution is 2.43. The molecule has 0 aromatic heterocycles. The lowest BCUT2D eigenvalue weighted by molar-refractivity contribution is 0.553. The van der Waals surface area contributed by atoms with E-state index in [-0.39, 0.29) is 17.5 Å². The molecule has 108 valence electrons. The largest absolute Gasteiger partial charge is 0.356 e. The molecular weight excluding hydrogens is 260 g/mol. The molecule has 3 rings (SSSR count). The quantitative estimate of drug-likeness (QED) is 0.656. The van der Waals surface area contributed by atoms with Gasteiger partial charge in [0.15, 0.2) is 5.96 Å². The molecule has 1 aromatic rings. The van der Waals surface area contributed by atoms with Crippen molar-refractivity contribution in [2.75, 3.05) is 13.6 Å². The van der Waals surface area contributed by atoms with Crippen LogP contribution in [0.2, 0.25) is 0 Å². The first-order valence-electron chi connectivity index (χ1n) is 7.10. The molecule has 0 radical (unpaired) electrons. The van der Waals surface area contributed by atoms with Crippen molar-refractivity contribution in [1.82, 2.24) is 10.6 Å². The minimum atomic E-state index is -0.458. The first kappa shape index (κ1) is 13.3. The number of hydrogen-bond acceptors (Lipinski definition) is 1. The van der Waals surface area contributed by atoms with Crippen molar-refractivity contribution in [2.45, 2.75) is 31.2 Å². The first-order chi connectivity index (χ1) is 9.69. The average Bonchev–Trinajstić information content (AvgIpc) is 3.31. The SMILES string of the molecule is CN=C(NCC1CC1)NC1CC1c1c(F)cccc1F. The smallest absolute Gasteiger partial charge is 0.191 e. The Labute approximate surface area is 117 Å². The first-order valence-corrected chi connectivity index (χ1v) is 7.10. The molecule has 2 saturated carbocycles. The van der Waals surface area contributed by atoms with Crippen LogP contribution in [0.3, 0.4) is 0 Å². The van der Waals surface area contributed by atoms with Crippen molar-refractivity contribution in [3.63, 3.8) is 0 Å². The van der Waals surface area contributed by atoms with E-state index in [1.54, 1.807) is 7.05 Å². The third kappa shape index (κ3) is 2.92. The van der Waals surface area contributed by atoms with Gasteiger partial charge in [0.05, 0.1) is 0 Å². The molecular formula is C15H19F2N3. The summed E-state index contributed by atoms with van der Waals surface area (Å²) in [7, 11) is 1.71. The minimum Gasteiger partial charge on any atom is -0.356 e. The zero-order chi connectivity index (χ0) is 14.1. The fraction of sp³-hybridized carbons (Fsp3) is 0.533. The Kier molecular flexibility index (Phi) is 3.59. The molecule has 0 amide bonds. The fourth-order valence-corrected chi connectivity index (χ4v) is 2.47. The molecule has 2 fully saturated rings. The second-order valence-corrected chi connectivity index (χ2v) is 5.62. The highest BCUT2D eigenvalue weighted by Gasteiger charge is 2.42. The predicted molar refractivity (Wildman–Crippen MR) is 74.7 cm³/mol. The maximum atomic E-state index is 13.7. The third-order valence-electron chi connectivity index (χ3n) is 3.96. The molecule has 0 saturated heterocycles. The van der Waals surface area contributed by atoms with Gasteiger partial charge in [-0.25, -0.2) is 8.78 Å². The maximum Gasteiger partial charge on any atom is 0.191 e. The van der Waals surface area contributed by atoms with Crippen LogP contribution < -0.4 is 10.6 Å². The van der Waals surface area contributed by atoms with Gasteiger partial charge in [0.25, 0.3) is 0 Å². The van der Waals surface area contributed by atoms with Crippen LogP contribution in [-0.4, -0.2) is 25.6 Å². The number of benzene rings is 1. The zero-order valence-corrected chi connectivity index (χ0v) is 11.5. The molecule has 0 heterocycles. The van der Waals surface area contributed by atoms with E-state index in [2.05, 4.69) is 15.6 Å². The molecule has 3 nitrogen and oxygen atoms in total. The number of nitrogens with one attached hydrogen (secondary N) is 2. The third-order valence-corrected chi connectivity index (χ3v) is 3.96. The van der Waals surface area contributed by atoms with Gasteiger partial charge >= 0.3 is 0 Å². The van der Waals surface area contributed by atoms with Gasteiger partial charge in [-0.15, -0.1) is 0 Å². The Morgan fingerprint density at radius 3 is 2.60 bits per heavy atom. The molecule has 2 N–H and O–H groups in total. The molecule has 2 aliphatic carbocycles. The van der Waals surface area contributed by atoms with E-state index in [9.17, 15) is 8.78 Å².